The van der Waals surface area contributed by atoms with Crippen LogP contribution >= 0.6 is 0 Å². The van der Waals surface area contributed by atoms with Crippen molar-refractivity contribution < 1.29 is 28.6 Å². The predicted molar refractivity (Wildman–Crippen MR) is 284 cm³/mol. The quantitative estimate of drug-likeness (QED) is 0.0262. The third-order valence-electron chi connectivity index (χ3n) is 12.2. The smallest absolute Gasteiger partial charge is 0.306 e. The number of ether oxygens (including phenoxy) is 3. The van der Waals surface area contributed by atoms with Crippen LogP contribution in [0.1, 0.15) is 284 Å². The Morgan fingerprint density at radius 3 is 0.909 bits per heavy atom. The number of unbranched alkanes of at least 4 members (excludes halogenated alkanes) is 30. The van der Waals surface area contributed by atoms with Gasteiger partial charge in [-0.3, -0.25) is 14.4 Å². The van der Waals surface area contributed by atoms with Crippen molar-refractivity contribution >= 4 is 17.9 Å². The molecule has 0 aliphatic heterocycles. The van der Waals surface area contributed by atoms with Gasteiger partial charge >= 0.3 is 17.9 Å². The van der Waals surface area contributed by atoms with E-state index in [9.17, 15) is 14.4 Å². The molecule has 6 heteroatoms. The first-order chi connectivity index (χ1) is 32.5. The number of hydrogen-bond acceptors (Lipinski definition) is 6. The predicted octanol–water partition coefficient (Wildman–Crippen LogP) is 18.8. The zero-order valence-corrected chi connectivity index (χ0v) is 43.7. The third kappa shape index (κ3) is 52.1. The van der Waals surface area contributed by atoms with Gasteiger partial charge in [-0.1, -0.05) is 242 Å². The van der Waals surface area contributed by atoms with Crippen LogP contribution in [0.15, 0.2) is 60.8 Å². The molecular formula is C60H106O6. The molecule has 1 atom stereocenters. The molecule has 0 bridgehead atoms. The number of esters is 3. The van der Waals surface area contributed by atoms with Crippen molar-refractivity contribution in [1.82, 2.24) is 0 Å². The number of allylic oxidation sites excluding steroid dienone is 10. The highest BCUT2D eigenvalue weighted by Crippen LogP contribution is 2.15. The normalized spacial score (nSPS) is 12.5. The summed E-state index contributed by atoms with van der Waals surface area (Å²) in [5, 5.41) is 0. The van der Waals surface area contributed by atoms with Gasteiger partial charge in [0.25, 0.3) is 0 Å². The van der Waals surface area contributed by atoms with Crippen LogP contribution in [0.3, 0.4) is 0 Å². The van der Waals surface area contributed by atoms with Crippen LogP contribution in [0.4, 0.5) is 0 Å². The molecule has 0 saturated heterocycles. The summed E-state index contributed by atoms with van der Waals surface area (Å²) in [4.78, 5) is 37.9. The molecule has 382 valence electrons. The first-order valence-corrected chi connectivity index (χ1v) is 28.3. The second kappa shape index (κ2) is 54.7. The topological polar surface area (TPSA) is 78.9 Å². The Bertz CT molecular complexity index is 1200. The Labute approximate surface area is 409 Å². The van der Waals surface area contributed by atoms with Crippen LogP contribution in [0, 0.1) is 0 Å². The van der Waals surface area contributed by atoms with E-state index >= 15 is 0 Å². The van der Waals surface area contributed by atoms with Crippen molar-refractivity contribution in [3.8, 4) is 0 Å². The molecule has 0 rings (SSSR count). The van der Waals surface area contributed by atoms with E-state index in [1.165, 1.54) is 141 Å². The van der Waals surface area contributed by atoms with Gasteiger partial charge in [-0.25, -0.2) is 0 Å². The van der Waals surface area contributed by atoms with Crippen LogP contribution in [-0.2, 0) is 28.6 Å². The van der Waals surface area contributed by atoms with Crippen LogP contribution < -0.4 is 0 Å². The molecule has 0 spiro atoms. The molecule has 0 heterocycles. The van der Waals surface area contributed by atoms with E-state index in [1.54, 1.807) is 0 Å². The van der Waals surface area contributed by atoms with Crippen LogP contribution in [0.2, 0.25) is 0 Å². The molecule has 6 nitrogen and oxygen atoms in total. The minimum absolute atomic E-state index is 0.0787. The Morgan fingerprint density at radius 2 is 0.576 bits per heavy atom. The SMILES string of the molecule is CCC/C=C\C/C=C\CCCCCCCC(=O)OC(COC(=O)CCCCCCCCCC)COC(=O)CCCCCCCCCCCCCC/C=C\C/C=C\C/C=C\CCCCCCC. The fourth-order valence-corrected chi connectivity index (χ4v) is 7.96. The molecule has 66 heavy (non-hydrogen) atoms. The molecule has 0 aliphatic carbocycles. The summed E-state index contributed by atoms with van der Waals surface area (Å²) in [5.74, 6) is -0.893. The van der Waals surface area contributed by atoms with E-state index in [1.807, 2.05) is 0 Å². The van der Waals surface area contributed by atoms with Crippen molar-refractivity contribution in [3.05, 3.63) is 60.8 Å². The fraction of sp³-hybridized carbons (Fsp3) is 0.783. The van der Waals surface area contributed by atoms with Crippen molar-refractivity contribution in [2.75, 3.05) is 13.2 Å². The maximum absolute atomic E-state index is 12.8. The Hall–Kier alpha value is -2.89. The lowest BCUT2D eigenvalue weighted by Gasteiger charge is -2.18. The lowest BCUT2D eigenvalue weighted by atomic mass is 10.0. The number of hydrogen-bond donors (Lipinski definition) is 0. The Morgan fingerprint density at radius 1 is 0.303 bits per heavy atom. The average molecular weight is 924 g/mol. The van der Waals surface area contributed by atoms with Gasteiger partial charge in [0.15, 0.2) is 6.10 Å². The molecule has 0 aromatic rings. The lowest BCUT2D eigenvalue weighted by Crippen LogP contribution is -2.30. The summed E-state index contributed by atoms with van der Waals surface area (Å²) >= 11 is 0. The lowest BCUT2D eigenvalue weighted by molar-refractivity contribution is -0.167. The first-order valence-electron chi connectivity index (χ1n) is 28.3. The molecule has 0 N–H and O–H groups in total. The van der Waals surface area contributed by atoms with E-state index in [-0.39, 0.29) is 31.1 Å². The third-order valence-corrected chi connectivity index (χ3v) is 12.2. The van der Waals surface area contributed by atoms with Gasteiger partial charge in [-0.15, -0.1) is 0 Å². The molecule has 0 aromatic heterocycles. The second-order valence-electron chi connectivity index (χ2n) is 18.8. The molecule has 0 saturated carbocycles. The summed E-state index contributed by atoms with van der Waals surface area (Å²) in [7, 11) is 0. The minimum atomic E-state index is -0.778. The molecule has 0 radical (unpaired) electrons. The highest BCUT2D eigenvalue weighted by Gasteiger charge is 2.19. The van der Waals surface area contributed by atoms with Gasteiger partial charge in [0.05, 0.1) is 0 Å². The first kappa shape index (κ1) is 63.1. The monoisotopic (exact) mass is 923 g/mol. The van der Waals surface area contributed by atoms with Gasteiger partial charge in [0.2, 0.25) is 0 Å². The summed E-state index contributed by atoms with van der Waals surface area (Å²) in [6, 6.07) is 0. The van der Waals surface area contributed by atoms with Gasteiger partial charge in [-0.05, 0) is 83.5 Å². The van der Waals surface area contributed by atoms with Gasteiger partial charge in [-0.2, -0.15) is 0 Å². The van der Waals surface area contributed by atoms with E-state index < -0.39 is 6.10 Å². The van der Waals surface area contributed by atoms with Crippen molar-refractivity contribution in [3.63, 3.8) is 0 Å². The molecule has 0 amide bonds. The summed E-state index contributed by atoms with van der Waals surface area (Å²) in [6.07, 6.45) is 68.0. The Kier molecular flexibility index (Phi) is 52.3. The highest BCUT2D eigenvalue weighted by atomic mass is 16.6. The molecule has 0 fully saturated rings. The van der Waals surface area contributed by atoms with E-state index in [2.05, 4.69) is 81.5 Å². The number of carbonyl (C=O) groups excluding carboxylic acids is 3. The molecule has 0 aliphatic rings. The molecule has 1 unspecified atom stereocenters. The molecule has 0 aromatic carbocycles. The van der Waals surface area contributed by atoms with Crippen molar-refractivity contribution in [1.29, 1.82) is 0 Å². The van der Waals surface area contributed by atoms with Gasteiger partial charge < -0.3 is 14.2 Å². The largest absolute Gasteiger partial charge is 0.462 e. The van der Waals surface area contributed by atoms with Crippen LogP contribution in [0.25, 0.3) is 0 Å². The van der Waals surface area contributed by atoms with Crippen molar-refractivity contribution in [2.24, 2.45) is 0 Å². The summed E-state index contributed by atoms with van der Waals surface area (Å²) in [5.41, 5.74) is 0. The summed E-state index contributed by atoms with van der Waals surface area (Å²) in [6.45, 7) is 6.53. The number of rotatable bonds is 51. The Balaban J connectivity index is 4.14. The fourth-order valence-electron chi connectivity index (χ4n) is 7.96. The number of carbonyl (C=O) groups is 3. The zero-order valence-electron chi connectivity index (χ0n) is 43.7. The standard InChI is InChI=1S/C60H106O6/c1-4-7-10-13-16-19-21-23-24-25-26-27-28-29-30-31-32-33-34-35-36-38-39-41-44-47-50-53-59(62)65-56-57(55-64-58(61)52-49-46-43-18-15-12-9-6-3)66-60(63)54-51-48-45-42-40-37-22-20-17-14-11-8-5-2/h11,14,20-23,25-26,28-29,57H,4-10,12-13,15-19,24,27,30-56H2,1-3H3/b14-11-,22-20-,23-21-,26-25-,29-28-. The molecular weight excluding hydrogens is 817 g/mol. The minimum Gasteiger partial charge on any atom is -0.462 e. The maximum Gasteiger partial charge on any atom is 0.306 e. The van der Waals surface area contributed by atoms with Gasteiger partial charge in [0, 0.05) is 19.3 Å². The van der Waals surface area contributed by atoms with Crippen LogP contribution in [-0.4, -0.2) is 37.2 Å². The highest BCUT2D eigenvalue weighted by molar-refractivity contribution is 5.71. The van der Waals surface area contributed by atoms with Gasteiger partial charge in [0.1, 0.15) is 13.2 Å². The second-order valence-corrected chi connectivity index (χ2v) is 18.8. The zero-order chi connectivity index (χ0) is 47.9. The maximum atomic E-state index is 12.8. The van der Waals surface area contributed by atoms with Crippen LogP contribution in [0.5, 0.6) is 0 Å². The van der Waals surface area contributed by atoms with E-state index in [0.717, 1.165) is 103 Å². The van der Waals surface area contributed by atoms with E-state index in [0.29, 0.717) is 19.3 Å². The summed E-state index contributed by atoms with van der Waals surface area (Å²) < 4.78 is 16.8. The van der Waals surface area contributed by atoms with E-state index in [4.69, 9.17) is 14.2 Å². The van der Waals surface area contributed by atoms with Crippen molar-refractivity contribution in [2.45, 2.75) is 290 Å². The average Bonchev–Trinajstić information content (AvgIpc) is 3.31.